The van der Waals surface area contributed by atoms with Crippen LogP contribution in [0.2, 0.25) is 16.6 Å². The third-order valence-corrected chi connectivity index (χ3v) is 12.6. The number of imide groups is 1. The van der Waals surface area contributed by atoms with Crippen LogP contribution in [0.15, 0.2) is 30.3 Å². The van der Waals surface area contributed by atoms with Crippen molar-refractivity contribution in [3.05, 3.63) is 35.9 Å². The number of β-lactam (4-membered cyclic amide) rings is 1. The predicted molar refractivity (Wildman–Crippen MR) is 121 cm³/mol. The first-order valence-electron chi connectivity index (χ1n) is 11.3. The minimum Gasteiger partial charge on any atom is -0.402 e. The van der Waals surface area contributed by atoms with E-state index in [1.807, 2.05) is 18.2 Å². The molecule has 0 spiro atoms. The molecular weight excluding hydrogens is 378 g/mol. The SMILES string of the molecule is CCCCCC1C(O[Si](C(C)C)(C(C)C)C(C)C)C(=O)N1C(=O)c1ccccc1. The molecule has 5 heteroatoms. The highest BCUT2D eigenvalue weighted by molar-refractivity contribution is 6.77. The summed E-state index contributed by atoms with van der Waals surface area (Å²) in [5, 5.41) is 0. The van der Waals surface area contributed by atoms with Gasteiger partial charge in [0.05, 0.1) is 6.04 Å². The van der Waals surface area contributed by atoms with Gasteiger partial charge in [-0.2, -0.15) is 0 Å². The molecule has 2 atom stereocenters. The van der Waals surface area contributed by atoms with Gasteiger partial charge < -0.3 is 4.43 Å². The van der Waals surface area contributed by atoms with Crippen LogP contribution in [0.4, 0.5) is 0 Å². The van der Waals surface area contributed by atoms with Crippen molar-refractivity contribution in [1.29, 1.82) is 0 Å². The Balaban J connectivity index is 2.30. The van der Waals surface area contributed by atoms with E-state index >= 15 is 0 Å². The van der Waals surface area contributed by atoms with Gasteiger partial charge in [0.2, 0.25) is 8.32 Å². The van der Waals surface area contributed by atoms with Crippen molar-refractivity contribution >= 4 is 20.1 Å². The van der Waals surface area contributed by atoms with E-state index < -0.39 is 14.4 Å². The van der Waals surface area contributed by atoms with Gasteiger partial charge in [-0.3, -0.25) is 14.5 Å². The van der Waals surface area contributed by atoms with Crippen molar-refractivity contribution in [2.75, 3.05) is 0 Å². The van der Waals surface area contributed by atoms with Gasteiger partial charge in [-0.05, 0) is 35.2 Å². The zero-order chi connectivity index (χ0) is 21.8. The molecule has 1 aliphatic rings. The Labute approximate surface area is 178 Å². The highest BCUT2D eigenvalue weighted by atomic mass is 28.4. The zero-order valence-electron chi connectivity index (χ0n) is 19.3. The molecule has 1 fully saturated rings. The molecule has 1 saturated heterocycles. The van der Waals surface area contributed by atoms with Crippen LogP contribution in [0, 0.1) is 0 Å². The molecule has 0 aromatic heterocycles. The van der Waals surface area contributed by atoms with Crippen LogP contribution >= 0.6 is 0 Å². The van der Waals surface area contributed by atoms with Crippen LogP contribution in [0.25, 0.3) is 0 Å². The molecule has 162 valence electrons. The molecule has 0 bridgehead atoms. The summed E-state index contributed by atoms with van der Waals surface area (Å²) < 4.78 is 6.83. The molecule has 29 heavy (non-hydrogen) atoms. The van der Waals surface area contributed by atoms with E-state index in [0.29, 0.717) is 22.2 Å². The Morgan fingerprint density at radius 3 is 2.03 bits per heavy atom. The first-order valence-corrected chi connectivity index (χ1v) is 13.4. The Bertz CT molecular complexity index is 665. The van der Waals surface area contributed by atoms with Gasteiger partial charge in [-0.1, -0.05) is 85.9 Å². The highest BCUT2D eigenvalue weighted by Crippen LogP contribution is 2.45. The standard InChI is InChI=1S/C24H39NO3Si/c1-8-9-11-16-21-22(28-29(17(2)3,18(4)5)19(6)7)24(27)25(21)23(26)20-14-12-10-13-15-20/h10,12-15,17-19,21-22H,8-9,11,16H2,1-7H3. The molecule has 2 rings (SSSR count). The smallest absolute Gasteiger partial charge is 0.260 e. The minimum absolute atomic E-state index is 0.148. The van der Waals surface area contributed by atoms with E-state index in [-0.39, 0.29) is 17.9 Å². The first kappa shape index (κ1) is 23.8. The van der Waals surface area contributed by atoms with Crippen molar-refractivity contribution in [2.45, 2.75) is 103 Å². The van der Waals surface area contributed by atoms with Crippen LogP contribution in [0.1, 0.15) is 84.5 Å². The van der Waals surface area contributed by atoms with Crippen LogP contribution in [-0.4, -0.2) is 37.2 Å². The van der Waals surface area contributed by atoms with Crippen LogP contribution in [0.5, 0.6) is 0 Å². The lowest BCUT2D eigenvalue weighted by atomic mass is 9.91. The molecule has 0 saturated carbocycles. The maximum Gasteiger partial charge on any atom is 0.260 e. The fourth-order valence-corrected chi connectivity index (χ4v) is 10.6. The van der Waals surface area contributed by atoms with E-state index in [2.05, 4.69) is 48.5 Å². The Kier molecular flexibility index (Phi) is 8.24. The first-order chi connectivity index (χ1) is 13.7. The molecule has 1 aromatic rings. The third-order valence-electron chi connectivity index (χ3n) is 6.54. The van der Waals surface area contributed by atoms with E-state index in [0.717, 1.165) is 25.7 Å². The second-order valence-electron chi connectivity index (χ2n) is 9.30. The highest BCUT2D eigenvalue weighted by Gasteiger charge is 2.56. The van der Waals surface area contributed by atoms with Crippen molar-refractivity contribution in [3.63, 3.8) is 0 Å². The quantitative estimate of drug-likeness (QED) is 0.198. The van der Waals surface area contributed by atoms with Gasteiger partial charge in [0, 0.05) is 5.56 Å². The number of carbonyl (C=O) groups excluding carboxylic acids is 2. The second-order valence-corrected chi connectivity index (χ2v) is 14.7. The second kappa shape index (κ2) is 10.0. The average molecular weight is 418 g/mol. The number of unbranched alkanes of at least 4 members (excludes halogenated alkanes) is 2. The fourth-order valence-electron chi connectivity index (χ4n) is 5.13. The Hall–Kier alpha value is -1.46. The number of nitrogens with zero attached hydrogens (tertiary/aromatic N) is 1. The normalized spacial score (nSPS) is 19.9. The van der Waals surface area contributed by atoms with Gasteiger partial charge >= 0.3 is 0 Å². The number of likely N-dealkylation sites (tertiary alicyclic amines) is 1. The maximum absolute atomic E-state index is 13.2. The lowest BCUT2D eigenvalue weighted by Gasteiger charge is -2.52. The summed E-state index contributed by atoms with van der Waals surface area (Å²) in [6.07, 6.45) is 3.57. The molecule has 1 aliphatic heterocycles. The average Bonchev–Trinajstić information content (AvgIpc) is 2.67. The molecule has 4 nitrogen and oxygen atoms in total. The summed E-state index contributed by atoms with van der Waals surface area (Å²) in [5.74, 6) is -0.345. The Morgan fingerprint density at radius 2 is 1.55 bits per heavy atom. The molecule has 0 N–H and O–H groups in total. The molecule has 1 heterocycles. The lowest BCUT2D eigenvalue weighted by Crippen LogP contribution is -2.70. The molecule has 1 aromatic carbocycles. The van der Waals surface area contributed by atoms with Crippen LogP contribution in [0.3, 0.4) is 0 Å². The summed E-state index contributed by atoms with van der Waals surface area (Å²) in [6, 6.07) is 8.97. The zero-order valence-corrected chi connectivity index (χ0v) is 20.3. The van der Waals surface area contributed by atoms with Crippen molar-refractivity contribution in [1.82, 2.24) is 4.90 Å². The predicted octanol–water partition coefficient (Wildman–Crippen LogP) is 6.18. The van der Waals surface area contributed by atoms with Crippen molar-refractivity contribution in [2.24, 2.45) is 0 Å². The van der Waals surface area contributed by atoms with E-state index in [1.54, 1.807) is 12.1 Å². The fraction of sp³-hybridized carbons (Fsp3) is 0.667. The maximum atomic E-state index is 13.2. The van der Waals surface area contributed by atoms with Crippen LogP contribution in [-0.2, 0) is 9.22 Å². The number of hydrogen-bond donors (Lipinski definition) is 0. The van der Waals surface area contributed by atoms with Gasteiger partial charge in [0.25, 0.3) is 11.8 Å². The van der Waals surface area contributed by atoms with Crippen molar-refractivity contribution < 1.29 is 14.0 Å². The number of benzene rings is 1. The molecule has 0 radical (unpaired) electrons. The molecule has 2 amide bonds. The lowest BCUT2D eigenvalue weighted by molar-refractivity contribution is -0.159. The topological polar surface area (TPSA) is 46.6 Å². The van der Waals surface area contributed by atoms with E-state index in [1.165, 1.54) is 4.90 Å². The Morgan fingerprint density at radius 1 is 1.00 bits per heavy atom. The largest absolute Gasteiger partial charge is 0.402 e. The molecule has 0 aliphatic carbocycles. The van der Waals surface area contributed by atoms with Gasteiger partial charge in [-0.15, -0.1) is 0 Å². The third kappa shape index (κ3) is 4.66. The van der Waals surface area contributed by atoms with E-state index in [9.17, 15) is 9.59 Å². The summed E-state index contributed by atoms with van der Waals surface area (Å²) in [5.41, 5.74) is 1.79. The summed E-state index contributed by atoms with van der Waals surface area (Å²) in [4.78, 5) is 27.7. The molecular formula is C24H39NO3Si. The summed E-state index contributed by atoms with van der Waals surface area (Å²) in [7, 11) is -2.19. The summed E-state index contributed by atoms with van der Waals surface area (Å²) >= 11 is 0. The number of rotatable bonds is 10. The van der Waals surface area contributed by atoms with Gasteiger partial charge in [0.1, 0.15) is 6.10 Å². The number of hydrogen-bond acceptors (Lipinski definition) is 3. The number of amides is 2. The monoisotopic (exact) mass is 417 g/mol. The molecule has 2 unspecified atom stereocenters. The van der Waals surface area contributed by atoms with E-state index in [4.69, 9.17) is 4.43 Å². The summed E-state index contributed by atoms with van der Waals surface area (Å²) in [6.45, 7) is 15.6. The minimum atomic E-state index is -2.19. The number of carbonyl (C=O) groups is 2. The van der Waals surface area contributed by atoms with Crippen molar-refractivity contribution in [3.8, 4) is 0 Å². The van der Waals surface area contributed by atoms with Gasteiger partial charge in [0.15, 0.2) is 0 Å². The van der Waals surface area contributed by atoms with Crippen LogP contribution < -0.4 is 0 Å². The van der Waals surface area contributed by atoms with Gasteiger partial charge in [-0.25, -0.2) is 0 Å².